The first-order valence-electron chi connectivity index (χ1n) is 11.3. The van der Waals surface area contributed by atoms with Crippen LogP contribution in [0.3, 0.4) is 0 Å². The molecule has 0 saturated carbocycles. The van der Waals surface area contributed by atoms with E-state index in [2.05, 4.69) is 59.2 Å². The molecule has 0 aliphatic heterocycles. The van der Waals surface area contributed by atoms with E-state index in [1.807, 2.05) is 12.1 Å². The zero-order valence-electron chi connectivity index (χ0n) is 18.2. The number of aryl methyl sites for hydroxylation is 1. The quantitative estimate of drug-likeness (QED) is 0.263. The van der Waals surface area contributed by atoms with Crippen LogP contribution in [0.2, 0.25) is 0 Å². The van der Waals surface area contributed by atoms with Gasteiger partial charge in [0, 0.05) is 40.4 Å². The molecule has 5 aromatic rings. The maximum Gasteiger partial charge on any atom is 0.140 e. The number of nitrogens with zero attached hydrogens (tertiary/aromatic N) is 2. The minimum Gasteiger partial charge on any atom is -0.384 e. The van der Waals surface area contributed by atoms with Crippen LogP contribution in [0.4, 0.5) is 0 Å². The van der Waals surface area contributed by atoms with E-state index < -0.39 is 0 Å². The van der Waals surface area contributed by atoms with Gasteiger partial charge < -0.3 is 16.0 Å². The van der Waals surface area contributed by atoms with Crippen molar-refractivity contribution in [2.75, 3.05) is 0 Å². The molecule has 3 aromatic carbocycles. The molecule has 1 atom stereocenters. The van der Waals surface area contributed by atoms with Crippen molar-refractivity contribution in [2.45, 2.75) is 31.8 Å². The Morgan fingerprint density at radius 2 is 1.91 bits per heavy atom. The van der Waals surface area contributed by atoms with Crippen molar-refractivity contribution in [2.24, 2.45) is 11.5 Å². The first-order chi connectivity index (χ1) is 16.1. The number of aromatic nitrogens is 2. The number of nitrogen functional groups attached to an aromatic ring is 1. The Kier molecular flexibility index (Phi) is 4.78. The van der Waals surface area contributed by atoms with Gasteiger partial charge in [0.1, 0.15) is 10.8 Å². The highest BCUT2D eigenvalue weighted by molar-refractivity contribution is 7.15. The van der Waals surface area contributed by atoms with Crippen LogP contribution in [0.1, 0.15) is 28.1 Å². The molecule has 5 nitrogen and oxygen atoms in total. The van der Waals surface area contributed by atoms with Gasteiger partial charge in [0.05, 0.1) is 11.4 Å². The van der Waals surface area contributed by atoms with E-state index in [4.69, 9.17) is 21.9 Å². The van der Waals surface area contributed by atoms with Crippen LogP contribution >= 0.6 is 11.3 Å². The standard InChI is InChI=1S/C27H25N5S/c28-20-10-11-25-22(14-20)31-27(33-25)24-12-17-8-9-18(26(29)30)13-23(17)32(24)15-19-6-3-5-16-4-1-2-7-21(16)19/h1-9,12-13,20H,10-11,14-15,28H2,(H3,29,30). The molecular weight excluding hydrogens is 426 g/mol. The van der Waals surface area contributed by atoms with Crippen LogP contribution in [0.25, 0.3) is 32.4 Å². The number of hydrogen-bond acceptors (Lipinski definition) is 4. The molecule has 0 spiro atoms. The van der Waals surface area contributed by atoms with Gasteiger partial charge in [-0.25, -0.2) is 4.98 Å². The minimum atomic E-state index is 0.0788. The summed E-state index contributed by atoms with van der Waals surface area (Å²) in [5.74, 6) is 0.0788. The highest BCUT2D eigenvalue weighted by atomic mass is 32.1. The Bertz CT molecular complexity index is 1520. The lowest BCUT2D eigenvalue weighted by Gasteiger charge is -2.15. The topological polar surface area (TPSA) is 93.7 Å². The number of amidine groups is 1. The summed E-state index contributed by atoms with van der Waals surface area (Å²) in [6.07, 6.45) is 2.88. The monoisotopic (exact) mass is 451 g/mol. The van der Waals surface area contributed by atoms with Gasteiger partial charge in [-0.1, -0.05) is 54.6 Å². The Morgan fingerprint density at radius 1 is 1.06 bits per heavy atom. The Hall–Kier alpha value is -3.48. The summed E-state index contributed by atoms with van der Waals surface area (Å²) in [6, 6.07) is 23.4. The first-order valence-corrected chi connectivity index (χ1v) is 12.1. The number of hydrogen-bond donors (Lipinski definition) is 3. The third kappa shape index (κ3) is 3.52. The number of nitrogens with one attached hydrogen (secondary N) is 1. The summed E-state index contributed by atoms with van der Waals surface area (Å²) in [5, 5.41) is 12.6. The van der Waals surface area contributed by atoms with Gasteiger partial charge in [-0.05, 0) is 41.3 Å². The highest BCUT2D eigenvalue weighted by Gasteiger charge is 2.23. The molecule has 0 fully saturated rings. The Morgan fingerprint density at radius 3 is 2.79 bits per heavy atom. The predicted molar refractivity (Wildman–Crippen MR) is 137 cm³/mol. The first kappa shape index (κ1) is 20.1. The molecule has 0 bridgehead atoms. The molecule has 2 aromatic heterocycles. The van der Waals surface area contributed by atoms with E-state index in [1.165, 1.54) is 21.2 Å². The van der Waals surface area contributed by atoms with Gasteiger partial charge in [-0.3, -0.25) is 5.41 Å². The molecule has 6 heteroatoms. The van der Waals surface area contributed by atoms with Gasteiger partial charge in [-0.15, -0.1) is 11.3 Å². The van der Waals surface area contributed by atoms with Gasteiger partial charge in [0.15, 0.2) is 0 Å². The largest absolute Gasteiger partial charge is 0.384 e. The lowest BCUT2D eigenvalue weighted by Crippen LogP contribution is -2.27. The van der Waals surface area contributed by atoms with Crippen LogP contribution in [0.15, 0.2) is 66.7 Å². The molecule has 33 heavy (non-hydrogen) atoms. The summed E-state index contributed by atoms with van der Waals surface area (Å²) in [5.41, 5.74) is 17.4. The predicted octanol–water partition coefficient (Wildman–Crippen LogP) is 5.07. The summed E-state index contributed by atoms with van der Waals surface area (Å²) in [6.45, 7) is 0.714. The summed E-state index contributed by atoms with van der Waals surface area (Å²) in [7, 11) is 0. The molecule has 1 aliphatic rings. The van der Waals surface area contributed by atoms with E-state index >= 15 is 0 Å². The van der Waals surface area contributed by atoms with Crippen LogP contribution in [0, 0.1) is 5.41 Å². The number of rotatable bonds is 4. The summed E-state index contributed by atoms with van der Waals surface area (Å²) in [4.78, 5) is 6.40. The highest BCUT2D eigenvalue weighted by Crippen LogP contribution is 2.36. The van der Waals surface area contributed by atoms with Crippen LogP contribution < -0.4 is 11.5 Å². The summed E-state index contributed by atoms with van der Waals surface area (Å²) >= 11 is 1.79. The third-order valence-corrected chi connectivity index (χ3v) is 7.80. The number of benzene rings is 3. The third-order valence-electron chi connectivity index (χ3n) is 6.62. The average Bonchev–Trinajstić information content (AvgIpc) is 3.40. The van der Waals surface area contributed by atoms with Crippen LogP contribution in [-0.4, -0.2) is 21.4 Å². The maximum atomic E-state index is 7.93. The average molecular weight is 452 g/mol. The minimum absolute atomic E-state index is 0.0788. The van der Waals surface area contributed by atoms with E-state index in [-0.39, 0.29) is 11.9 Å². The van der Waals surface area contributed by atoms with E-state index in [9.17, 15) is 0 Å². The summed E-state index contributed by atoms with van der Waals surface area (Å²) < 4.78 is 2.33. The molecule has 164 valence electrons. The van der Waals surface area contributed by atoms with Crippen molar-refractivity contribution in [1.82, 2.24) is 9.55 Å². The SMILES string of the molecule is N=C(N)c1ccc2cc(-c3nc4c(s3)CCC(N)C4)n(Cc3cccc4ccccc34)c2c1. The van der Waals surface area contributed by atoms with Crippen LogP contribution in [0.5, 0.6) is 0 Å². The number of nitrogens with two attached hydrogens (primary N) is 2. The van der Waals surface area contributed by atoms with Crippen molar-refractivity contribution < 1.29 is 0 Å². The second-order valence-corrected chi connectivity index (χ2v) is 9.92. The second-order valence-electron chi connectivity index (χ2n) is 8.83. The van der Waals surface area contributed by atoms with Crippen molar-refractivity contribution in [3.8, 4) is 10.7 Å². The Balaban J connectivity index is 1.55. The van der Waals surface area contributed by atoms with Crippen molar-refractivity contribution in [1.29, 1.82) is 5.41 Å². The molecular formula is C27H25N5S. The van der Waals surface area contributed by atoms with Crippen molar-refractivity contribution in [3.05, 3.63) is 88.4 Å². The fourth-order valence-corrected chi connectivity index (χ4v) is 6.01. The molecule has 1 aliphatic carbocycles. The van der Waals surface area contributed by atoms with Crippen molar-refractivity contribution in [3.63, 3.8) is 0 Å². The molecule has 0 saturated heterocycles. The molecule has 0 amide bonds. The fraction of sp³-hybridized carbons (Fsp3) is 0.185. The molecule has 5 N–H and O–H groups in total. The van der Waals surface area contributed by atoms with Crippen molar-refractivity contribution >= 4 is 38.8 Å². The second kappa shape index (κ2) is 7.83. The lowest BCUT2D eigenvalue weighted by atomic mass is 9.99. The smallest absolute Gasteiger partial charge is 0.140 e. The molecule has 1 unspecified atom stereocenters. The fourth-order valence-electron chi connectivity index (χ4n) is 4.88. The number of thiazole rings is 1. The molecule has 0 radical (unpaired) electrons. The van der Waals surface area contributed by atoms with E-state index in [0.29, 0.717) is 6.54 Å². The van der Waals surface area contributed by atoms with E-state index in [0.717, 1.165) is 52.1 Å². The zero-order valence-corrected chi connectivity index (χ0v) is 19.0. The zero-order chi connectivity index (χ0) is 22.5. The van der Waals surface area contributed by atoms with Gasteiger partial charge in [0.25, 0.3) is 0 Å². The van der Waals surface area contributed by atoms with Gasteiger partial charge in [0.2, 0.25) is 0 Å². The normalized spacial score (nSPS) is 15.7. The molecule has 6 rings (SSSR count). The van der Waals surface area contributed by atoms with Gasteiger partial charge >= 0.3 is 0 Å². The maximum absolute atomic E-state index is 7.93. The lowest BCUT2D eigenvalue weighted by molar-refractivity contribution is 0.574. The number of fused-ring (bicyclic) bond motifs is 3. The molecule has 2 heterocycles. The van der Waals surface area contributed by atoms with Gasteiger partial charge in [-0.2, -0.15) is 0 Å². The van der Waals surface area contributed by atoms with Crippen LogP contribution in [-0.2, 0) is 19.4 Å². The van der Waals surface area contributed by atoms with E-state index in [1.54, 1.807) is 11.3 Å². The Labute approximate surface area is 196 Å².